The van der Waals surface area contributed by atoms with Crippen LogP contribution in [0.4, 0.5) is 11.4 Å². The van der Waals surface area contributed by atoms with Crippen LogP contribution in [-0.4, -0.2) is 25.6 Å². The first kappa shape index (κ1) is 16.6. The van der Waals surface area contributed by atoms with Crippen LogP contribution in [0.15, 0.2) is 42.5 Å². The monoisotopic (exact) mass is 334 g/mol. The van der Waals surface area contributed by atoms with Crippen LogP contribution >= 0.6 is 11.6 Å². The van der Waals surface area contributed by atoms with Crippen LogP contribution in [0.3, 0.4) is 0 Å². The molecule has 23 heavy (non-hydrogen) atoms. The van der Waals surface area contributed by atoms with Gasteiger partial charge in [0.1, 0.15) is 5.75 Å². The molecule has 0 unspecified atom stereocenters. The Labute approximate surface area is 138 Å². The SMILES string of the molecule is COC(=O)c1ccc(N)c(OCC(=O)Nc2ccc(Cl)cc2)c1. The van der Waals surface area contributed by atoms with E-state index in [0.717, 1.165) is 0 Å². The number of nitrogens with one attached hydrogen (secondary N) is 1. The summed E-state index contributed by atoms with van der Waals surface area (Å²) in [5, 5.41) is 3.23. The number of ether oxygens (including phenoxy) is 2. The van der Waals surface area contributed by atoms with Crippen LogP contribution in [0, 0.1) is 0 Å². The molecule has 0 fully saturated rings. The maximum Gasteiger partial charge on any atom is 0.337 e. The minimum Gasteiger partial charge on any atom is -0.482 e. The molecule has 2 rings (SSSR count). The molecule has 0 saturated heterocycles. The van der Waals surface area contributed by atoms with Crippen molar-refractivity contribution < 1.29 is 19.1 Å². The maximum absolute atomic E-state index is 11.9. The van der Waals surface area contributed by atoms with Gasteiger partial charge in [-0.1, -0.05) is 11.6 Å². The lowest BCUT2D eigenvalue weighted by atomic mass is 10.2. The van der Waals surface area contributed by atoms with E-state index < -0.39 is 5.97 Å². The molecule has 120 valence electrons. The highest BCUT2D eigenvalue weighted by Crippen LogP contribution is 2.23. The number of amides is 1. The zero-order valence-corrected chi connectivity index (χ0v) is 13.1. The summed E-state index contributed by atoms with van der Waals surface area (Å²) in [4.78, 5) is 23.3. The van der Waals surface area contributed by atoms with Gasteiger partial charge < -0.3 is 20.5 Å². The van der Waals surface area contributed by atoms with E-state index in [1.54, 1.807) is 24.3 Å². The second kappa shape index (κ2) is 7.51. The molecular formula is C16H15ClN2O4. The van der Waals surface area contributed by atoms with Crippen molar-refractivity contribution in [1.82, 2.24) is 0 Å². The van der Waals surface area contributed by atoms with E-state index in [2.05, 4.69) is 10.1 Å². The predicted octanol–water partition coefficient (Wildman–Crippen LogP) is 2.73. The number of esters is 1. The van der Waals surface area contributed by atoms with Gasteiger partial charge in [-0.2, -0.15) is 0 Å². The van der Waals surface area contributed by atoms with Crippen LogP contribution in [0.25, 0.3) is 0 Å². The fourth-order valence-corrected chi connectivity index (χ4v) is 1.90. The highest BCUT2D eigenvalue weighted by Gasteiger charge is 2.11. The summed E-state index contributed by atoms with van der Waals surface area (Å²) >= 11 is 5.77. The molecule has 7 heteroatoms. The number of hydrogen-bond donors (Lipinski definition) is 2. The van der Waals surface area contributed by atoms with Crippen molar-refractivity contribution in [2.24, 2.45) is 0 Å². The van der Waals surface area contributed by atoms with Crippen molar-refractivity contribution >= 4 is 34.9 Å². The van der Waals surface area contributed by atoms with Crippen LogP contribution in [-0.2, 0) is 9.53 Å². The number of nitrogens with two attached hydrogens (primary N) is 1. The van der Waals surface area contributed by atoms with Gasteiger partial charge in [-0.15, -0.1) is 0 Å². The Kier molecular flexibility index (Phi) is 5.43. The molecule has 0 bridgehead atoms. The molecule has 6 nitrogen and oxygen atoms in total. The predicted molar refractivity (Wildman–Crippen MR) is 87.8 cm³/mol. The zero-order chi connectivity index (χ0) is 16.8. The van der Waals surface area contributed by atoms with E-state index in [0.29, 0.717) is 16.4 Å². The third kappa shape index (κ3) is 4.62. The first-order chi connectivity index (χ1) is 11.0. The molecule has 0 aliphatic carbocycles. The Morgan fingerprint density at radius 1 is 1.17 bits per heavy atom. The molecule has 0 saturated carbocycles. The molecule has 0 aliphatic rings. The molecular weight excluding hydrogens is 320 g/mol. The van der Waals surface area contributed by atoms with E-state index >= 15 is 0 Å². The Morgan fingerprint density at radius 2 is 1.87 bits per heavy atom. The number of carbonyl (C=O) groups excluding carboxylic acids is 2. The summed E-state index contributed by atoms with van der Waals surface area (Å²) in [6, 6.07) is 11.1. The number of halogens is 1. The van der Waals surface area contributed by atoms with E-state index in [1.165, 1.54) is 25.3 Å². The fourth-order valence-electron chi connectivity index (χ4n) is 1.78. The summed E-state index contributed by atoms with van der Waals surface area (Å²) in [7, 11) is 1.28. The molecule has 0 spiro atoms. The van der Waals surface area contributed by atoms with Gasteiger partial charge in [-0.05, 0) is 42.5 Å². The summed E-state index contributed by atoms with van der Waals surface area (Å²) < 4.78 is 9.98. The Morgan fingerprint density at radius 3 is 2.52 bits per heavy atom. The molecule has 2 aromatic rings. The van der Waals surface area contributed by atoms with Gasteiger partial charge in [0, 0.05) is 10.7 Å². The second-order valence-electron chi connectivity index (χ2n) is 4.59. The van der Waals surface area contributed by atoms with Crippen molar-refractivity contribution in [3.8, 4) is 5.75 Å². The Balaban J connectivity index is 1.98. The van der Waals surface area contributed by atoms with E-state index in [-0.39, 0.29) is 23.8 Å². The number of nitrogen functional groups attached to an aromatic ring is 1. The number of carbonyl (C=O) groups is 2. The third-order valence-electron chi connectivity index (χ3n) is 2.92. The van der Waals surface area contributed by atoms with Gasteiger partial charge in [0.05, 0.1) is 18.4 Å². The lowest BCUT2D eigenvalue weighted by Crippen LogP contribution is -2.20. The topological polar surface area (TPSA) is 90.7 Å². The molecule has 3 N–H and O–H groups in total. The van der Waals surface area contributed by atoms with Crippen molar-refractivity contribution in [2.75, 3.05) is 24.8 Å². The van der Waals surface area contributed by atoms with Gasteiger partial charge in [0.25, 0.3) is 5.91 Å². The fraction of sp³-hybridized carbons (Fsp3) is 0.125. The largest absolute Gasteiger partial charge is 0.482 e. The van der Waals surface area contributed by atoms with Crippen molar-refractivity contribution in [3.05, 3.63) is 53.1 Å². The molecule has 1 amide bonds. The molecule has 0 radical (unpaired) electrons. The lowest BCUT2D eigenvalue weighted by molar-refractivity contribution is -0.118. The Bertz CT molecular complexity index is 717. The molecule has 0 heterocycles. The van der Waals surface area contributed by atoms with Gasteiger partial charge in [0.2, 0.25) is 0 Å². The first-order valence-electron chi connectivity index (χ1n) is 6.65. The van der Waals surface area contributed by atoms with E-state index in [4.69, 9.17) is 22.1 Å². The lowest BCUT2D eigenvalue weighted by Gasteiger charge is -2.10. The number of hydrogen-bond acceptors (Lipinski definition) is 5. The first-order valence-corrected chi connectivity index (χ1v) is 7.03. The Hall–Kier alpha value is -2.73. The number of methoxy groups -OCH3 is 1. The van der Waals surface area contributed by atoms with E-state index in [9.17, 15) is 9.59 Å². The minimum atomic E-state index is -0.513. The minimum absolute atomic E-state index is 0.235. The quantitative estimate of drug-likeness (QED) is 0.648. The van der Waals surface area contributed by atoms with Crippen molar-refractivity contribution in [3.63, 3.8) is 0 Å². The summed E-state index contributed by atoms with van der Waals surface area (Å²) in [6.07, 6.45) is 0. The highest BCUT2D eigenvalue weighted by molar-refractivity contribution is 6.30. The molecule has 0 aliphatic heterocycles. The van der Waals surface area contributed by atoms with Crippen LogP contribution < -0.4 is 15.8 Å². The number of rotatable bonds is 5. The molecule has 0 aromatic heterocycles. The summed E-state index contributed by atoms with van der Waals surface area (Å²) in [6.45, 7) is -0.253. The number of anilines is 2. The van der Waals surface area contributed by atoms with Gasteiger partial charge in [-0.3, -0.25) is 4.79 Å². The summed E-state index contributed by atoms with van der Waals surface area (Å²) in [5.41, 5.74) is 6.96. The summed E-state index contributed by atoms with van der Waals surface area (Å²) in [5.74, 6) is -0.644. The zero-order valence-electron chi connectivity index (χ0n) is 12.3. The van der Waals surface area contributed by atoms with Crippen LogP contribution in [0.1, 0.15) is 10.4 Å². The smallest absolute Gasteiger partial charge is 0.337 e. The van der Waals surface area contributed by atoms with Gasteiger partial charge >= 0.3 is 5.97 Å². The van der Waals surface area contributed by atoms with Crippen LogP contribution in [0.2, 0.25) is 5.02 Å². The number of benzene rings is 2. The van der Waals surface area contributed by atoms with Crippen molar-refractivity contribution in [2.45, 2.75) is 0 Å². The average Bonchev–Trinajstić information content (AvgIpc) is 2.55. The van der Waals surface area contributed by atoms with Crippen LogP contribution in [0.5, 0.6) is 5.75 Å². The second-order valence-corrected chi connectivity index (χ2v) is 5.02. The molecule has 0 atom stereocenters. The van der Waals surface area contributed by atoms with Gasteiger partial charge in [-0.25, -0.2) is 4.79 Å². The maximum atomic E-state index is 11.9. The normalized spacial score (nSPS) is 10.0. The van der Waals surface area contributed by atoms with Gasteiger partial charge in [0.15, 0.2) is 6.61 Å². The average molecular weight is 335 g/mol. The molecule has 2 aromatic carbocycles. The standard InChI is InChI=1S/C16H15ClN2O4/c1-22-16(21)10-2-7-13(18)14(8-10)23-9-15(20)19-12-5-3-11(17)4-6-12/h2-8H,9,18H2,1H3,(H,19,20). The third-order valence-corrected chi connectivity index (χ3v) is 3.17. The van der Waals surface area contributed by atoms with Crippen molar-refractivity contribution in [1.29, 1.82) is 0 Å². The highest BCUT2D eigenvalue weighted by atomic mass is 35.5. The van der Waals surface area contributed by atoms with E-state index in [1.807, 2.05) is 0 Å².